The van der Waals surface area contributed by atoms with Gasteiger partial charge < -0.3 is 24.1 Å². The van der Waals surface area contributed by atoms with E-state index in [0.29, 0.717) is 0 Å². The van der Waals surface area contributed by atoms with Crippen LogP contribution < -0.4 is 0 Å². The third kappa shape index (κ3) is 6.19. The SMILES string of the molecule is c1ccc(-n2c3ccccc3c3cc4[nH]c5ccccc5c4cc32)cc1.c1ccc(-n2c3ccccc3c3ccc4[nH]c5ccccc5c4c32)cc1.c1ccc2c(c1)[nH]c1ccc3c4ccccc4sc3c12. The van der Waals surface area contributed by atoms with Crippen LogP contribution in [0.2, 0.25) is 0 Å². The molecule has 0 aliphatic rings. The summed E-state index contributed by atoms with van der Waals surface area (Å²) in [6.45, 7) is 0. The molecule has 6 aromatic heterocycles. The van der Waals surface area contributed by atoms with Crippen LogP contribution >= 0.6 is 11.3 Å². The number of rotatable bonds is 2. The molecule has 0 radical (unpaired) electrons. The Morgan fingerprint density at radius 1 is 0.264 bits per heavy atom. The van der Waals surface area contributed by atoms with Crippen LogP contribution in [0.1, 0.15) is 0 Å². The van der Waals surface area contributed by atoms with E-state index in [0.717, 1.165) is 0 Å². The average molecular weight is 938 g/mol. The normalized spacial score (nSPS) is 11.9. The molecule has 0 unspecified atom stereocenters. The van der Waals surface area contributed by atoms with E-state index in [2.05, 4.69) is 267 Å². The van der Waals surface area contributed by atoms with Crippen LogP contribution in [0, 0.1) is 0 Å². The highest BCUT2D eigenvalue weighted by atomic mass is 32.1. The van der Waals surface area contributed by atoms with Gasteiger partial charge in [0.15, 0.2) is 0 Å². The van der Waals surface area contributed by atoms with Crippen molar-refractivity contribution in [2.45, 2.75) is 0 Å². The van der Waals surface area contributed by atoms with Crippen LogP contribution in [-0.2, 0) is 0 Å². The third-order valence-electron chi connectivity index (χ3n) is 14.6. The van der Waals surface area contributed by atoms with Crippen molar-refractivity contribution in [2.24, 2.45) is 0 Å². The second kappa shape index (κ2) is 16.1. The maximum atomic E-state index is 3.58. The molecule has 0 saturated carbocycles. The van der Waals surface area contributed by atoms with Crippen molar-refractivity contribution >= 4 is 141 Å². The summed E-state index contributed by atoms with van der Waals surface area (Å²) in [7, 11) is 0. The molecule has 0 atom stereocenters. The number of fused-ring (bicyclic) bond motifs is 20. The largest absolute Gasteiger partial charge is 0.354 e. The zero-order valence-electron chi connectivity index (χ0n) is 38.9. The first-order valence-corrected chi connectivity index (χ1v) is 25.3. The van der Waals surface area contributed by atoms with Crippen LogP contribution in [0.15, 0.2) is 243 Å². The van der Waals surface area contributed by atoms with Gasteiger partial charge in [-0.2, -0.15) is 0 Å². The highest BCUT2D eigenvalue weighted by Gasteiger charge is 2.19. The van der Waals surface area contributed by atoms with Crippen LogP contribution in [0.4, 0.5) is 0 Å². The molecule has 17 rings (SSSR count). The van der Waals surface area contributed by atoms with Crippen molar-refractivity contribution in [3.05, 3.63) is 243 Å². The molecule has 0 fully saturated rings. The lowest BCUT2D eigenvalue weighted by Crippen LogP contribution is -1.93. The first-order chi connectivity index (χ1) is 35.7. The molecule has 72 heavy (non-hydrogen) atoms. The van der Waals surface area contributed by atoms with Gasteiger partial charge in [0.1, 0.15) is 0 Å². The summed E-state index contributed by atoms with van der Waals surface area (Å²) in [5.74, 6) is 0. The molecule has 0 amide bonds. The fraction of sp³-hybridized carbons (Fsp3) is 0. The highest BCUT2D eigenvalue weighted by Crippen LogP contribution is 2.42. The van der Waals surface area contributed by atoms with Gasteiger partial charge in [-0.05, 0) is 84.9 Å². The first-order valence-electron chi connectivity index (χ1n) is 24.5. The lowest BCUT2D eigenvalue weighted by molar-refractivity contribution is 1.18. The molecule has 3 N–H and O–H groups in total. The molecule has 11 aromatic carbocycles. The molecule has 6 heterocycles. The fourth-order valence-corrected chi connectivity index (χ4v) is 12.8. The summed E-state index contributed by atoms with van der Waals surface area (Å²) in [4.78, 5) is 10.7. The van der Waals surface area contributed by atoms with Gasteiger partial charge in [0, 0.05) is 119 Å². The maximum absolute atomic E-state index is 3.58. The maximum Gasteiger partial charge on any atom is 0.0641 e. The lowest BCUT2D eigenvalue weighted by atomic mass is 10.1. The van der Waals surface area contributed by atoms with E-state index in [1.807, 2.05) is 11.3 Å². The van der Waals surface area contributed by atoms with Crippen molar-refractivity contribution in [2.75, 3.05) is 0 Å². The summed E-state index contributed by atoms with van der Waals surface area (Å²) in [6.07, 6.45) is 0. The van der Waals surface area contributed by atoms with Crippen LogP contribution in [0.5, 0.6) is 0 Å². The molecule has 0 saturated heterocycles. The van der Waals surface area contributed by atoms with Crippen molar-refractivity contribution < 1.29 is 0 Å². The fourth-order valence-electron chi connectivity index (χ4n) is 11.5. The molecule has 0 bridgehead atoms. The minimum Gasteiger partial charge on any atom is -0.354 e. The Morgan fingerprint density at radius 3 is 1.42 bits per heavy atom. The zero-order chi connectivity index (χ0) is 47.3. The average Bonchev–Trinajstić information content (AvgIpc) is 4.30. The first kappa shape index (κ1) is 40.5. The minimum absolute atomic E-state index is 1.18. The predicted octanol–water partition coefficient (Wildman–Crippen LogP) is 18.5. The summed E-state index contributed by atoms with van der Waals surface area (Å²) in [5.41, 5.74) is 14.6. The molecular formula is C66H43N5S. The minimum atomic E-state index is 1.18. The summed E-state index contributed by atoms with van der Waals surface area (Å²) >= 11 is 1.89. The lowest BCUT2D eigenvalue weighted by Gasteiger charge is -2.08. The number of H-pyrrole nitrogens is 3. The zero-order valence-corrected chi connectivity index (χ0v) is 39.7. The number of aromatic amines is 3. The number of aromatic nitrogens is 5. The van der Waals surface area contributed by atoms with Crippen molar-refractivity contribution in [3.63, 3.8) is 0 Å². The van der Waals surface area contributed by atoms with Gasteiger partial charge in [-0.15, -0.1) is 11.3 Å². The van der Waals surface area contributed by atoms with E-state index < -0.39 is 0 Å². The standard InChI is InChI=1S/2C24H16N2.C18H11NS/c1-2-8-16(9-3-1)26-22-13-7-5-10-17(22)18-14-15-21-23(24(18)26)19-11-4-6-12-20(19)25-21;1-2-8-16(9-3-1)26-23-13-7-5-11-18(23)20-14-22-19(15-24(20)26)17-10-4-6-12-21(17)25-22;1-3-7-14-13(6-1)17-15(19-14)10-9-12-11-5-2-4-8-16(11)20-18(12)17/h2*1-15,25H;1-10,19H. The van der Waals surface area contributed by atoms with Crippen molar-refractivity contribution in [3.8, 4) is 11.4 Å². The number of nitrogens with one attached hydrogen (secondary N) is 3. The quantitative estimate of drug-likeness (QED) is 0.155. The number of para-hydroxylation sites is 7. The molecule has 5 nitrogen and oxygen atoms in total. The van der Waals surface area contributed by atoms with Crippen LogP contribution in [-0.4, -0.2) is 24.1 Å². The molecule has 0 aliphatic heterocycles. The van der Waals surface area contributed by atoms with Gasteiger partial charge in [0.25, 0.3) is 0 Å². The Hall–Kier alpha value is -9.36. The van der Waals surface area contributed by atoms with Gasteiger partial charge >= 0.3 is 0 Å². The second-order valence-electron chi connectivity index (χ2n) is 18.7. The topological polar surface area (TPSA) is 57.2 Å². The molecule has 17 aromatic rings. The van der Waals surface area contributed by atoms with Gasteiger partial charge in [0.2, 0.25) is 0 Å². The van der Waals surface area contributed by atoms with Gasteiger partial charge in [-0.25, -0.2) is 0 Å². The van der Waals surface area contributed by atoms with E-state index in [9.17, 15) is 0 Å². The Labute approximate surface area is 416 Å². The van der Waals surface area contributed by atoms with Crippen molar-refractivity contribution in [1.82, 2.24) is 24.1 Å². The van der Waals surface area contributed by atoms with E-state index in [1.54, 1.807) is 0 Å². The van der Waals surface area contributed by atoms with E-state index >= 15 is 0 Å². The Bertz CT molecular complexity index is 4930. The van der Waals surface area contributed by atoms with Gasteiger partial charge in [-0.1, -0.05) is 158 Å². The molecule has 0 aliphatic carbocycles. The smallest absolute Gasteiger partial charge is 0.0641 e. The Kier molecular flexibility index (Phi) is 9.06. The second-order valence-corrected chi connectivity index (χ2v) is 19.7. The summed E-state index contributed by atoms with van der Waals surface area (Å²) in [5, 5.41) is 15.7. The van der Waals surface area contributed by atoms with E-state index in [-0.39, 0.29) is 0 Å². The summed E-state index contributed by atoms with van der Waals surface area (Å²) < 4.78 is 7.51. The Balaban J connectivity index is 0.0000000973. The number of hydrogen-bond acceptors (Lipinski definition) is 1. The Morgan fingerprint density at radius 2 is 0.736 bits per heavy atom. The molecule has 6 heteroatoms. The number of hydrogen-bond donors (Lipinski definition) is 3. The highest BCUT2D eigenvalue weighted by molar-refractivity contribution is 7.26. The third-order valence-corrected chi connectivity index (χ3v) is 15.8. The summed E-state index contributed by atoms with van der Waals surface area (Å²) in [6, 6.07) is 86.4. The molecule has 0 spiro atoms. The van der Waals surface area contributed by atoms with Crippen LogP contribution in [0.3, 0.4) is 0 Å². The van der Waals surface area contributed by atoms with Gasteiger partial charge in [-0.3, -0.25) is 0 Å². The monoisotopic (exact) mass is 937 g/mol. The molecular weight excluding hydrogens is 895 g/mol. The number of benzene rings is 11. The number of nitrogens with zero attached hydrogens (tertiary/aromatic N) is 2. The van der Waals surface area contributed by atoms with E-state index in [4.69, 9.17) is 0 Å². The number of thiophene rings is 1. The molecule has 338 valence electrons. The van der Waals surface area contributed by atoms with Crippen molar-refractivity contribution in [1.29, 1.82) is 0 Å². The van der Waals surface area contributed by atoms with Crippen LogP contribution in [0.25, 0.3) is 141 Å². The van der Waals surface area contributed by atoms with Gasteiger partial charge in [0.05, 0.1) is 22.1 Å². The van der Waals surface area contributed by atoms with E-state index in [1.165, 1.54) is 141 Å². The predicted molar refractivity (Wildman–Crippen MR) is 309 cm³/mol.